The number of aryl methyl sites for hydroxylation is 1. The van der Waals surface area contributed by atoms with Crippen LogP contribution in [0.5, 0.6) is 0 Å². The number of ether oxygens (including phenoxy) is 2. The maximum Gasteiger partial charge on any atom is 0.341 e. The fraction of sp³-hybridized carbons (Fsp3) is 0.455. The summed E-state index contributed by atoms with van der Waals surface area (Å²) in [4.78, 5) is 26.0. The molecule has 0 bridgehead atoms. The molecule has 4 heterocycles. The topological polar surface area (TPSA) is 108 Å². The molecule has 0 spiro atoms. The highest BCUT2D eigenvalue weighted by Gasteiger charge is 2.24. The summed E-state index contributed by atoms with van der Waals surface area (Å²) in [5.74, 6) is 0.663. The second kappa shape index (κ2) is 11.0. The lowest BCUT2D eigenvalue weighted by Crippen LogP contribution is -2.18. The van der Waals surface area contributed by atoms with Gasteiger partial charge in [-0.1, -0.05) is 18.7 Å². The lowest BCUT2D eigenvalue weighted by atomic mass is 10.2. The third kappa shape index (κ3) is 5.66. The summed E-state index contributed by atoms with van der Waals surface area (Å²) >= 11 is 2.67. The average molecular weight is 491 g/mol. The van der Waals surface area contributed by atoms with Crippen molar-refractivity contribution in [1.29, 1.82) is 0 Å². The fourth-order valence-electron chi connectivity index (χ4n) is 3.50. The number of hydrogen-bond acceptors (Lipinski definition) is 9. The molecule has 4 rings (SSSR count). The van der Waals surface area contributed by atoms with Crippen LogP contribution in [-0.2, 0) is 27.2 Å². The fourth-order valence-corrected chi connectivity index (χ4v) is 5.25. The highest BCUT2D eigenvalue weighted by Crippen LogP contribution is 2.30. The van der Waals surface area contributed by atoms with Crippen molar-refractivity contribution >= 4 is 40.0 Å². The number of nitrogens with one attached hydrogen (secondary N) is 1. The van der Waals surface area contributed by atoms with Gasteiger partial charge in [0.2, 0.25) is 11.7 Å². The molecule has 1 aliphatic rings. The molecule has 0 saturated carbocycles. The molecule has 0 aliphatic carbocycles. The van der Waals surface area contributed by atoms with Crippen LogP contribution in [0.15, 0.2) is 34.0 Å². The van der Waals surface area contributed by atoms with Gasteiger partial charge in [-0.2, -0.15) is 0 Å². The van der Waals surface area contributed by atoms with E-state index in [1.807, 2.05) is 17.6 Å². The van der Waals surface area contributed by atoms with Crippen LogP contribution in [-0.4, -0.2) is 51.7 Å². The van der Waals surface area contributed by atoms with Crippen molar-refractivity contribution in [2.45, 2.75) is 50.9 Å². The van der Waals surface area contributed by atoms with E-state index in [4.69, 9.17) is 13.9 Å². The average Bonchev–Trinajstić information content (AvgIpc) is 3.60. The van der Waals surface area contributed by atoms with E-state index >= 15 is 0 Å². The van der Waals surface area contributed by atoms with Gasteiger partial charge in [0.25, 0.3) is 0 Å². The Bertz CT molecular complexity index is 1090. The number of carbonyl (C=O) groups is 2. The summed E-state index contributed by atoms with van der Waals surface area (Å²) in [6.07, 6.45) is 4.43. The summed E-state index contributed by atoms with van der Waals surface area (Å²) in [5, 5.41) is 12.6. The molecule has 1 unspecified atom stereocenters. The monoisotopic (exact) mass is 490 g/mol. The molecule has 11 heteroatoms. The summed E-state index contributed by atoms with van der Waals surface area (Å²) in [5.41, 5.74) is 0.388. The number of rotatable bonds is 10. The first-order valence-corrected chi connectivity index (χ1v) is 12.7. The second-order valence-electron chi connectivity index (χ2n) is 7.40. The van der Waals surface area contributed by atoms with Gasteiger partial charge in [0.1, 0.15) is 5.00 Å². The van der Waals surface area contributed by atoms with Gasteiger partial charge < -0.3 is 19.2 Å². The van der Waals surface area contributed by atoms with Gasteiger partial charge in [-0.15, -0.1) is 21.5 Å². The summed E-state index contributed by atoms with van der Waals surface area (Å²) in [7, 11) is 0. The van der Waals surface area contributed by atoms with E-state index in [2.05, 4.69) is 15.5 Å². The van der Waals surface area contributed by atoms with E-state index in [-0.39, 0.29) is 24.4 Å². The number of nitrogens with zero attached hydrogens (tertiary/aromatic N) is 3. The van der Waals surface area contributed by atoms with Crippen LogP contribution < -0.4 is 5.32 Å². The first-order valence-electron chi connectivity index (χ1n) is 10.9. The highest BCUT2D eigenvalue weighted by molar-refractivity contribution is 7.99. The Kier molecular flexibility index (Phi) is 7.84. The number of esters is 1. The van der Waals surface area contributed by atoms with Crippen LogP contribution in [0.25, 0.3) is 11.6 Å². The molecule has 3 aromatic heterocycles. The van der Waals surface area contributed by atoms with Gasteiger partial charge >= 0.3 is 5.97 Å². The number of hydrogen-bond donors (Lipinski definition) is 1. The molecule has 1 N–H and O–H groups in total. The van der Waals surface area contributed by atoms with E-state index in [9.17, 15) is 9.59 Å². The van der Waals surface area contributed by atoms with Crippen LogP contribution in [0.1, 0.15) is 41.9 Å². The zero-order valence-corrected chi connectivity index (χ0v) is 20.2. The molecule has 1 saturated heterocycles. The lowest BCUT2D eigenvalue weighted by molar-refractivity contribution is -0.113. The Morgan fingerprint density at radius 1 is 1.36 bits per heavy atom. The van der Waals surface area contributed by atoms with Crippen molar-refractivity contribution in [3.05, 3.63) is 34.9 Å². The Morgan fingerprint density at radius 2 is 2.24 bits per heavy atom. The molecule has 33 heavy (non-hydrogen) atoms. The number of thioether (sulfide) groups is 1. The Balaban J connectivity index is 1.46. The van der Waals surface area contributed by atoms with E-state index in [1.54, 1.807) is 25.3 Å². The Labute approximate surface area is 199 Å². The standard InChI is InChI=1S/C22H26N4O5S2/c1-3-15-11-16(21(28)29-4-2)20(33-15)23-18(27)13-32-22-25-24-19(17-8-6-10-31-17)26(22)12-14-7-5-9-30-14/h6,8,10-11,14H,3-5,7,9,12-13H2,1-2H3,(H,23,27). The van der Waals surface area contributed by atoms with Crippen LogP contribution in [0.4, 0.5) is 5.00 Å². The SMILES string of the molecule is CCOC(=O)c1cc(CC)sc1NC(=O)CSc1nnc(-c2ccco2)n1CC1CCCO1. The third-order valence-corrected chi connectivity index (χ3v) is 7.24. The first kappa shape index (κ1) is 23.5. The number of thiophene rings is 1. The van der Waals surface area contributed by atoms with E-state index in [1.165, 1.54) is 23.1 Å². The zero-order valence-electron chi connectivity index (χ0n) is 18.5. The maximum absolute atomic E-state index is 12.7. The van der Waals surface area contributed by atoms with Gasteiger partial charge in [-0.05, 0) is 44.4 Å². The molecule has 1 aliphatic heterocycles. The van der Waals surface area contributed by atoms with Crippen molar-refractivity contribution in [1.82, 2.24) is 14.8 Å². The number of anilines is 1. The molecule has 176 valence electrons. The number of aromatic nitrogens is 3. The van der Waals surface area contributed by atoms with Crippen molar-refractivity contribution in [2.75, 3.05) is 24.3 Å². The van der Waals surface area contributed by atoms with E-state index in [0.717, 1.165) is 30.7 Å². The zero-order chi connectivity index (χ0) is 23.2. The molecular weight excluding hydrogens is 464 g/mol. The summed E-state index contributed by atoms with van der Waals surface area (Å²) in [6.45, 7) is 5.36. The molecule has 1 atom stereocenters. The minimum absolute atomic E-state index is 0.0774. The van der Waals surface area contributed by atoms with Gasteiger partial charge in [0.05, 0.1) is 36.8 Å². The lowest BCUT2D eigenvalue weighted by Gasteiger charge is -2.13. The van der Waals surface area contributed by atoms with Crippen molar-refractivity contribution in [3.8, 4) is 11.6 Å². The Hall–Kier alpha value is -2.63. The second-order valence-corrected chi connectivity index (χ2v) is 9.47. The number of carbonyl (C=O) groups excluding carboxylic acids is 2. The minimum atomic E-state index is -0.434. The normalized spacial score (nSPS) is 15.6. The van der Waals surface area contributed by atoms with Gasteiger partial charge in [-0.25, -0.2) is 4.79 Å². The molecule has 1 amide bonds. The molecule has 1 fully saturated rings. The number of furan rings is 1. The van der Waals surface area contributed by atoms with Gasteiger partial charge in [0, 0.05) is 11.5 Å². The molecule has 0 aromatic carbocycles. The van der Waals surface area contributed by atoms with Crippen molar-refractivity contribution in [3.63, 3.8) is 0 Å². The van der Waals surface area contributed by atoms with Crippen molar-refractivity contribution in [2.24, 2.45) is 0 Å². The van der Waals surface area contributed by atoms with E-state index in [0.29, 0.717) is 33.9 Å². The Morgan fingerprint density at radius 3 is 2.94 bits per heavy atom. The van der Waals surface area contributed by atoms with Crippen LogP contribution in [0.3, 0.4) is 0 Å². The van der Waals surface area contributed by atoms with Crippen LogP contribution >= 0.6 is 23.1 Å². The summed E-state index contributed by atoms with van der Waals surface area (Å²) in [6, 6.07) is 5.41. The van der Waals surface area contributed by atoms with Gasteiger partial charge in [0.15, 0.2) is 10.9 Å². The molecular formula is C22H26N4O5S2. The van der Waals surface area contributed by atoms with Crippen molar-refractivity contribution < 1.29 is 23.5 Å². The van der Waals surface area contributed by atoms with Crippen LogP contribution in [0.2, 0.25) is 0 Å². The molecule has 9 nitrogen and oxygen atoms in total. The first-order chi connectivity index (χ1) is 16.1. The largest absolute Gasteiger partial charge is 0.462 e. The van der Waals surface area contributed by atoms with Crippen LogP contribution in [0, 0.1) is 0 Å². The highest BCUT2D eigenvalue weighted by atomic mass is 32.2. The van der Waals surface area contributed by atoms with Gasteiger partial charge in [-0.3, -0.25) is 9.36 Å². The number of amides is 1. The predicted molar refractivity (Wildman–Crippen MR) is 126 cm³/mol. The quantitative estimate of drug-likeness (QED) is 0.332. The summed E-state index contributed by atoms with van der Waals surface area (Å²) < 4.78 is 18.4. The predicted octanol–water partition coefficient (Wildman–Crippen LogP) is 4.25. The minimum Gasteiger partial charge on any atom is -0.462 e. The maximum atomic E-state index is 12.7. The molecule has 0 radical (unpaired) electrons. The smallest absolute Gasteiger partial charge is 0.341 e. The third-order valence-electron chi connectivity index (χ3n) is 5.08. The molecule has 3 aromatic rings. The van der Waals surface area contributed by atoms with E-state index < -0.39 is 5.97 Å².